The van der Waals surface area contributed by atoms with Crippen LogP contribution in [0.15, 0.2) is 42.5 Å². The predicted octanol–water partition coefficient (Wildman–Crippen LogP) is 3.49. The van der Waals surface area contributed by atoms with Crippen molar-refractivity contribution >= 4 is 11.6 Å². The molecule has 0 radical (unpaired) electrons. The first-order chi connectivity index (χ1) is 15.7. The maximum atomic E-state index is 13.2. The van der Waals surface area contributed by atoms with E-state index in [-0.39, 0.29) is 18.9 Å². The maximum absolute atomic E-state index is 13.2. The molecule has 2 aromatic rings. The summed E-state index contributed by atoms with van der Waals surface area (Å²) in [6, 6.07) is 13.2. The number of amides is 1. The zero-order valence-electron chi connectivity index (χ0n) is 18.8. The third-order valence-corrected chi connectivity index (χ3v) is 6.50. The van der Waals surface area contributed by atoms with E-state index in [1.165, 1.54) is 11.1 Å². The fraction of sp³-hybridized carbons (Fsp3) is 0.480. The van der Waals surface area contributed by atoms with Gasteiger partial charge in [0.25, 0.3) is 5.91 Å². The van der Waals surface area contributed by atoms with Crippen molar-refractivity contribution in [3.63, 3.8) is 0 Å². The average molecular weight is 462 g/mol. The molecule has 2 aliphatic heterocycles. The molecule has 8 heteroatoms. The Morgan fingerprint density at radius 1 is 1.03 bits per heavy atom. The Balaban J connectivity index is 1.40. The number of hydrogen-bond donors (Lipinski definition) is 1. The van der Waals surface area contributed by atoms with Gasteiger partial charge < -0.3 is 14.9 Å². The zero-order valence-corrected chi connectivity index (χ0v) is 18.8. The number of aliphatic hydroxyl groups excluding tert-OH is 1. The van der Waals surface area contributed by atoms with Gasteiger partial charge in [-0.1, -0.05) is 30.3 Å². The summed E-state index contributed by atoms with van der Waals surface area (Å²) in [5.41, 5.74) is 4.29. The summed E-state index contributed by atoms with van der Waals surface area (Å²) < 4.78 is 37.8. The van der Waals surface area contributed by atoms with Crippen LogP contribution in [0.2, 0.25) is 0 Å². The van der Waals surface area contributed by atoms with Gasteiger partial charge in [0.15, 0.2) is 0 Å². The van der Waals surface area contributed by atoms with Crippen molar-refractivity contribution in [3.8, 4) is 0 Å². The van der Waals surface area contributed by atoms with E-state index >= 15 is 0 Å². The number of fused-ring (bicyclic) bond motifs is 2. The Kier molecular flexibility index (Phi) is 6.95. The molecule has 2 heterocycles. The quantitative estimate of drug-likeness (QED) is 0.716. The number of rotatable bonds is 6. The molecular weight excluding hydrogens is 431 g/mol. The van der Waals surface area contributed by atoms with Gasteiger partial charge in [-0.05, 0) is 41.7 Å². The van der Waals surface area contributed by atoms with Gasteiger partial charge in [-0.15, -0.1) is 0 Å². The van der Waals surface area contributed by atoms with E-state index < -0.39 is 18.7 Å². The number of benzene rings is 2. The lowest BCUT2D eigenvalue weighted by Gasteiger charge is -2.32. The first kappa shape index (κ1) is 23.6. The molecule has 2 aliphatic rings. The number of hydrogen-bond acceptors (Lipinski definition) is 4. The number of carbonyl (C=O) groups is 1. The third-order valence-electron chi connectivity index (χ3n) is 6.50. The van der Waals surface area contributed by atoms with Crippen molar-refractivity contribution in [1.29, 1.82) is 0 Å². The van der Waals surface area contributed by atoms with Crippen molar-refractivity contribution in [2.45, 2.75) is 38.1 Å². The predicted molar refractivity (Wildman–Crippen MR) is 121 cm³/mol. The molecule has 4 rings (SSSR count). The molecule has 0 spiro atoms. The van der Waals surface area contributed by atoms with E-state index in [9.17, 15) is 23.1 Å². The minimum Gasteiger partial charge on any atom is -0.390 e. The van der Waals surface area contributed by atoms with Crippen LogP contribution < -0.4 is 4.90 Å². The van der Waals surface area contributed by atoms with Gasteiger partial charge in [0.2, 0.25) is 0 Å². The number of β-amino-alcohol motifs (C(OH)–C–C–N with tert-alkyl or cyclic N) is 1. The van der Waals surface area contributed by atoms with Crippen LogP contribution in [0.4, 0.5) is 18.9 Å². The first-order valence-electron chi connectivity index (χ1n) is 11.4. The van der Waals surface area contributed by atoms with Crippen molar-refractivity contribution in [3.05, 3.63) is 64.7 Å². The lowest BCUT2D eigenvalue weighted by Crippen LogP contribution is -2.44. The molecule has 1 unspecified atom stereocenters. The van der Waals surface area contributed by atoms with E-state index in [0.717, 1.165) is 19.5 Å². The third kappa shape index (κ3) is 5.86. The molecule has 5 nitrogen and oxygen atoms in total. The molecule has 2 aromatic carbocycles. The standard InChI is InChI=1S/C25H30F3N3O2/c1-29-12-13-31(17-21(32)16-30-11-9-19-4-2-3-5-20(19)15-30)24(33)22-7-6-18(14-23(22)29)8-10-25(26,27)28/h2-7,14,21,32H,8-13,15-17H2,1H3. The molecule has 0 saturated heterocycles. The summed E-state index contributed by atoms with van der Waals surface area (Å²) in [7, 11) is 1.84. The first-order valence-corrected chi connectivity index (χ1v) is 11.4. The normalized spacial score (nSPS) is 18.0. The fourth-order valence-corrected chi connectivity index (χ4v) is 4.67. The highest BCUT2D eigenvalue weighted by Gasteiger charge is 2.29. The van der Waals surface area contributed by atoms with Gasteiger partial charge in [-0.3, -0.25) is 9.69 Å². The fourth-order valence-electron chi connectivity index (χ4n) is 4.67. The number of aryl methyl sites for hydroxylation is 1. The number of alkyl halides is 3. The largest absolute Gasteiger partial charge is 0.390 e. The number of aliphatic hydroxyl groups is 1. The molecule has 33 heavy (non-hydrogen) atoms. The lowest BCUT2D eigenvalue weighted by molar-refractivity contribution is -0.134. The zero-order chi connectivity index (χ0) is 23.6. The highest BCUT2D eigenvalue weighted by molar-refractivity contribution is 6.00. The Morgan fingerprint density at radius 3 is 2.55 bits per heavy atom. The topological polar surface area (TPSA) is 47.0 Å². The summed E-state index contributed by atoms with van der Waals surface area (Å²) in [5.74, 6) is -0.195. The van der Waals surface area contributed by atoms with Crippen molar-refractivity contribution in [2.75, 3.05) is 44.7 Å². The van der Waals surface area contributed by atoms with Crippen molar-refractivity contribution in [2.24, 2.45) is 0 Å². The monoisotopic (exact) mass is 461 g/mol. The summed E-state index contributed by atoms with van der Waals surface area (Å²) >= 11 is 0. The second-order valence-electron chi connectivity index (χ2n) is 9.05. The lowest BCUT2D eigenvalue weighted by atomic mass is 10.00. The molecule has 1 amide bonds. The van der Waals surface area contributed by atoms with Gasteiger partial charge in [0.05, 0.1) is 11.7 Å². The van der Waals surface area contributed by atoms with E-state index in [0.29, 0.717) is 36.4 Å². The highest BCUT2D eigenvalue weighted by Crippen LogP contribution is 2.28. The minimum atomic E-state index is -4.21. The van der Waals surface area contributed by atoms with Gasteiger partial charge in [-0.2, -0.15) is 13.2 Å². The maximum Gasteiger partial charge on any atom is 0.389 e. The van der Waals surface area contributed by atoms with Crippen LogP contribution in [-0.4, -0.2) is 72.9 Å². The number of nitrogens with zero attached hydrogens (tertiary/aromatic N) is 3. The molecular formula is C25H30F3N3O2. The summed E-state index contributed by atoms with van der Waals surface area (Å²) in [5, 5.41) is 10.8. The number of carbonyl (C=O) groups excluding carboxylic acids is 1. The van der Waals surface area contributed by atoms with Gasteiger partial charge in [-0.25, -0.2) is 0 Å². The molecule has 178 valence electrons. The average Bonchev–Trinajstić information content (AvgIpc) is 2.89. The van der Waals surface area contributed by atoms with E-state index in [4.69, 9.17) is 0 Å². The van der Waals surface area contributed by atoms with E-state index in [2.05, 4.69) is 17.0 Å². The van der Waals surface area contributed by atoms with Crippen molar-refractivity contribution in [1.82, 2.24) is 9.80 Å². The molecule has 0 aliphatic carbocycles. The van der Waals surface area contributed by atoms with E-state index in [1.807, 2.05) is 24.1 Å². The van der Waals surface area contributed by atoms with E-state index in [1.54, 1.807) is 23.1 Å². The molecule has 0 aromatic heterocycles. The smallest absolute Gasteiger partial charge is 0.389 e. The summed E-state index contributed by atoms with van der Waals surface area (Å²) in [6.07, 6.45) is -4.95. The molecule has 0 bridgehead atoms. The number of anilines is 1. The minimum absolute atomic E-state index is 0.111. The Hall–Kier alpha value is -2.58. The van der Waals surface area contributed by atoms with Crippen LogP contribution >= 0.6 is 0 Å². The van der Waals surface area contributed by atoms with Gasteiger partial charge in [0, 0.05) is 58.4 Å². The second-order valence-corrected chi connectivity index (χ2v) is 9.05. The van der Waals surface area contributed by atoms with Crippen LogP contribution in [0.1, 0.15) is 33.5 Å². The Bertz CT molecular complexity index is 995. The van der Waals surface area contributed by atoms with Crippen molar-refractivity contribution < 1.29 is 23.1 Å². The highest BCUT2D eigenvalue weighted by atomic mass is 19.4. The molecule has 1 atom stereocenters. The van der Waals surface area contributed by atoms with Gasteiger partial charge in [0.1, 0.15) is 0 Å². The van der Waals surface area contributed by atoms with Crippen LogP contribution in [0.3, 0.4) is 0 Å². The Morgan fingerprint density at radius 2 is 1.79 bits per heavy atom. The molecule has 0 fully saturated rings. The Labute approximate surface area is 192 Å². The van der Waals surface area contributed by atoms with Crippen LogP contribution in [0.5, 0.6) is 0 Å². The molecule has 0 saturated carbocycles. The molecule has 1 N–H and O–H groups in total. The summed E-state index contributed by atoms with van der Waals surface area (Å²) in [4.78, 5) is 19.0. The second kappa shape index (κ2) is 9.73. The van der Waals surface area contributed by atoms with Crippen LogP contribution in [-0.2, 0) is 19.4 Å². The van der Waals surface area contributed by atoms with Crippen LogP contribution in [0.25, 0.3) is 0 Å². The summed E-state index contributed by atoms with van der Waals surface area (Å²) in [6.45, 7) is 3.35. The van der Waals surface area contributed by atoms with Gasteiger partial charge >= 0.3 is 6.18 Å². The van der Waals surface area contributed by atoms with Crippen LogP contribution in [0, 0.1) is 0 Å². The number of likely N-dealkylation sites (N-methyl/N-ethyl adjacent to an activating group) is 1. The number of halogens is 3. The SMILES string of the molecule is CN1CCN(CC(O)CN2CCc3ccccc3C2)C(=O)c2ccc(CCC(F)(F)F)cc21.